The van der Waals surface area contributed by atoms with Crippen molar-refractivity contribution in [2.45, 2.75) is 6.92 Å². The highest BCUT2D eigenvalue weighted by atomic mass is 16.3. The Morgan fingerprint density at radius 1 is 0.720 bits per heavy atom. The average molecular weight is 325 g/mol. The van der Waals surface area contributed by atoms with Gasteiger partial charge in [-0.3, -0.25) is 0 Å². The highest BCUT2D eigenvalue weighted by Crippen LogP contribution is 2.39. The number of hydrogen-bond acceptors (Lipinski definition) is 3. The van der Waals surface area contributed by atoms with E-state index in [0.717, 1.165) is 33.3 Å². The summed E-state index contributed by atoms with van der Waals surface area (Å²) in [6.07, 6.45) is 4.14. The van der Waals surface area contributed by atoms with E-state index in [1.54, 1.807) is 0 Å². The molecule has 1 aliphatic rings. The van der Waals surface area contributed by atoms with Crippen molar-refractivity contribution >= 4 is 33.3 Å². The molecule has 5 rings (SSSR count). The van der Waals surface area contributed by atoms with Crippen LogP contribution in [0.25, 0.3) is 21.9 Å². The molecule has 3 heteroatoms. The number of furan rings is 1. The van der Waals surface area contributed by atoms with Gasteiger partial charge in [-0.15, -0.1) is 0 Å². The highest BCUT2D eigenvalue weighted by Gasteiger charge is 2.22. The average Bonchev–Trinajstić information content (AvgIpc) is 3.27. The molecule has 0 aliphatic carbocycles. The first-order valence-corrected chi connectivity index (χ1v) is 8.37. The van der Waals surface area contributed by atoms with Gasteiger partial charge in [0, 0.05) is 28.9 Å². The standard InChI is InChI=1S/C22H17N2O/c1-16-11-12-19-18-9-5-6-10-20(18)25-22(19)21(16)24-14-13-23(15-24)17-7-3-2-4-8-17/h2-15H,1H3. The predicted octanol–water partition coefficient (Wildman–Crippen LogP) is 5.81. The molecule has 1 aliphatic heterocycles. The molecule has 1 radical (unpaired) electrons. The lowest BCUT2D eigenvalue weighted by molar-refractivity contribution is 0.668. The van der Waals surface area contributed by atoms with E-state index in [1.807, 2.05) is 30.3 Å². The van der Waals surface area contributed by atoms with E-state index in [9.17, 15) is 0 Å². The largest absolute Gasteiger partial charge is 0.454 e. The molecule has 25 heavy (non-hydrogen) atoms. The van der Waals surface area contributed by atoms with Gasteiger partial charge in [0.05, 0.1) is 5.69 Å². The van der Waals surface area contributed by atoms with Gasteiger partial charge in [0.15, 0.2) is 12.3 Å². The van der Waals surface area contributed by atoms with E-state index < -0.39 is 0 Å². The molecular formula is C22H17N2O. The van der Waals surface area contributed by atoms with Gasteiger partial charge in [-0.2, -0.15) is 0 Å². The molecule has 0 unspecified atom stereocenters. The number of nitrogens with zero attached hydrogens (tertiary/aromatic N) is 2. The summed E-state index contributed by atoms with van der Waals surface area (Å²) in [5.74, 6) is 0. The van der Waals surface area contributed by atoms with Gasteiger partial charge in [-0.25, -0.2) is 0 Å². The second kappa shape index (κ2) is 5.42. The lowest BCUT2D eigenvalue weighted by Gasteiger charge is -2.21. The van der Waals surface area contributed by atoms with Gasteiger partial charge in [-0.1, -0.05) is 48.5 Å². The van der Waals surface area contributed by atoms with Crippen molar-refractivity contribution in [3.8, 4) is 0 Å². The quantitative estimate of drug-likeness (QED) is 0.463. The van der Waals surface area contributed by atoms with Crippen molar-refractivity contribution in [2.75, 3.05) is 9.80 Å². The molecule has 4 aromatic rings. The Hall–Kier alpha value is -3.20. The van der Waals surface area contributed by atoms with E-state index in [0.29, 0.717) is 0 Å². The van der Waals surface area contributed by atoms with Crippen molar-refractivity contribution < 1.29 is 4.42 Å². The van der Waals surface area contributed by atoms with Crippen molar-refractivity contribution in [1.29, 1.82) is 0 Å². The maximum atomic E-state index is 6.20. The first-order valence-electron chi connectivity index (χ1n) is 8.37. The van der Waals surface area contributed by atoms with Crippen LogP contribution in [0.4, 0.5) is 11.4 Å². The Morgan fingerprint density at radius 2 is 1.48 bits per heavy atom. The molecule has 0 saturated carbocycles. The zero-order valence-electron chi connectivity index (χ0n) is 13.9. The zero-order chi connectivity index (χ0) is 16.8. The maximum absolute atomic E-state index is 6.20. The van der Waals surface area contributed by atoms with E-state index in [-0.39, 0.29) is 0 Å². The summed E-state index contributed by atoms with van der Waals surface area (Å²) >= 11 is 0. The highest BCUT2D eigenvalue weighted by molar-refractivity contribution is 6.09. The summed E-state index contributed by atoms with van der Waals surface area (Å²) in [4.78, 5) is 4.24. The number of anilines is 2. The minimum atomic E-state index is 0.924. The Bertz CT molecular complexity index is 1100. The number of rotatable bonds is 2. The fourth-order valence-corrected chi connectivity index (χ4v) is 3.43. The molecule has 0 saturated heterocycles. The molecule has 0 fully saturated rings. The zero-order valence-corrected chi connectivity index (χ0v) is 13.9. The van der Waals surface area contributed by atoms with E-state index in [2.05, 4.69) is 72.2 Å². The number of benzene rings is 3. The first-order chi connectivity index (χ1) is 12.3. The van der Waals surface area contributed by atoms with E-state index >= 15 is 0 Å². The predicted molar refractivity (Wildman–Crippen MR) is 103 cm³/mol. The van der Waals surface area contributed by atoms with Crippen LogP contribution in [0.3, 0.4) is 0 Å². The van der Waals surface area contributed by atoms with Gasteiger partial charge >= 0.3 is 0 Å². The van der Waals surface area contributed by atoms with Crippen molar-refractivity contribution in [3.05, 3.63) is 91.4 Å². The smallest absolute Gasteiger partial charge is 0.159 e. The van der Waals surface area contributed by atoms with Crippen LogP contribution < -0.4 is 9.80 Å². The fraction of sp³-hybridized carbons (Fsp3) is 0.0455. The third-order valence-corrected chi connectivity index (χ3v) is 4.67. The van der Waals surface area contributed by atoms with Gasteiger partial charge in [0.1, 0.15) is 5.58 Å². The van der Waals surface area contributed by atoms with Crippen LogP contribution in [0.15, 0.2) is 83.5 Å². The molecule has 0 bridgehead atoms. The number of para-hydroxylation sites is 2. The normalized spacial score (nSPS) is 14.1. The summed E-state index contributed by atoms with van der Waals surface area (Å²) in [6, 6.07) is 22.8. The second-order valence-electron chi connectivity index (χ2n) is 6.27. The Labute approximate surface area is 146 Å². The van der Waals surface area contributed by atoms with Gasteiger partial charge < -0.3 is 14.2 Å². The minimum absolute atomic E-state index is 0.924. The molecule has 0 atom stereocenters. The van der Waals surface area contributed by atoms with E-state index in [1.165, 1.54) is 5.56 Å². The first kappa shape index (κ1) is 14.2. The topological polar surface area (TPSA) is 19.6 Å². The third-order valence-electron chi connectivity index (χ3n) is 4.67. The molecule has 1 aromatic heterocycles. The summed E-state index contributed by atoms with van der Waals surface area (Å²) in [7, 11) is 0. The molecule has 2 heterocycles. The number of hydrogen-bond donors (Lipinski definition) is 0. The molecule has 0 amide bonds. The van der Waals surface area contributed by atoms with E-state index in [4.69, 9.17) is 4.42 Å². The van der Waals surface area contributed by atoms with Crippen LogP contribution in [0.5, 0.6) is 0 Å². The fourth-order valence-electron chi connectivity index (χ4n) is 3.43. The summed E-state index contributed by atoms with van der Waals surface area (Å²) in [5, 5.41) is 2.30. The number of aryl methyl sites for hydroxylation is 1. The van der Waals surface area contributed by atoms with Crippen LogP contribution in [0.2, 0.25) is 0 Å². The summed E-state index contributed by atoms with van der Waals surface area (Å²) < 4.78 is 6.20. The molecule has 0 N–H and O–H groups in total. The minimum Gasteiger partial charge on any atom is -0.454 e. The van der Waals surface area contributed by atoms with Gasteiger partial charge in [0.25, 0.3) is 0 Å². The molecule has 0 spiro atoms. The van der Waals surface area contributed by atoms with Crippen LogP contribution in [-0.4, -0.2) is 0 Å². The summed E-state index contributed by atoms with van der Waals surface area (Å²) in [5.41, 5.74) is 5.26. The van der Waals surface area contributed by atoms with Gasteiger partial charge in [0.2, 0.25) is 0 Å². The van der Waals surface area contributed by atoms with Gasteiger partial charge in [-0.05, 0) is 30.7 Å². The Balaban J connectivity index is 1.61. The Kier molecular flexibility index (Phi) is 3.07. The molecular weight excluding hydrogens is 308 g/mol. The van der Waals surface area contributed by atoms with Crippen LogP contribution >= 0.6 is 0 Å². The van der Waals surface area contributed by atoms with Crippen molar-refractivity contribution in [3.63, 3.8) is 0 Å². The SMILES string of the molecule is Cc1ccc2c(oc3ccccc32)c1N1[CH]N(c2ccccc2)C=C1. The maximum Gasteiger partial charge on any atom is 0.159 e. The van der Waals surface area contributed by atoms with Crippen LogP contribution in [0.1, 0.15) is 5.56 Å². The molecule has 3 nitrogen and oxygen atoms in total. The lowest BCUT2D eigenvalue weighted by Crippen LogP contribution is -2.18. The Morgan fingerprint density at radius 3 is 2.36 bits per heavy atom. The molecule has 121 valence electrons. The van der Waals surface area contributed by atoms with Crippen molar-refractivity contribution in [2.24, 2.45) is 0 Å². The second-order valence-corrected chi connectivity index (χ2v) is 6.27. The van der Waals surface area contributed by atoms with Crippen LogP contribution in [0, 0.1) is 13.6 Å². The van der Waals surface area contributed by atoms with Crippen molar-refractivity contribution in [1.82, 2.24) is 0 Å². The monoisotopic (exact) mass is 325 g/mol. The summed E-state index contributed by atoms with van der Waals surface area (Å²) in [6.45, 7) is 4.21. The molecule has 3 aromatic carbocycles. The lowest BCUT2D eigenvalue weighted by atomic mass is 10.1. The van der Waals surface area contributed by atoms with Crippen LogP contribution in [-0.2, 0) is 0 Å². The number of fused-ring (bicyclic) bond motifs is 3. The third kappa shape index (κ3) is 2.20.